The first-order valence-electron chi connectivity index (χ1n) is 6.66. The number of rotatable bonds is 5. The van der Waals surface area contributed by atoms with E-state index in [2.05, 4.69) is 5.32 Å². The third-order valence-electron chi connectivity index (χ3n) is 3.61. The number of amides is 1. The Balaban J connectivity index is 2.62. The normalized spacial score (nSPS) is 29.6. The van der Waals surface area contributed by atoms with Crippen LogP contribution in [0.1, 0.15) is 52.4 Å². The molecule has 0 aromatic carbocycles. The van der Waals surface area contributed by atoms with Crippen LogP contribution < -0.4 is 11.1 Å². The summed E-state index contributed by atoms with van der Waals surface area (Å²) in [7, 11) is 0. The lowest BCUT2D eigenvalue weighted by molar-refractivity contribution is -0.150. The van der Waals surface area contributed by atoms with Gasteiger partial charge in [-0.3, -0.25) is 4.79 Å². The summed E-state index contributed by atoms with van der Waals surface area (Å²) in [6.45, 7) is 3.87. The summed E-state index contributed by atoms with van der Waals surface area (Å²) in [5.74, 6) is -0.782. The maximum Gasteiger partial charge on any atom is 0.329 e. The molecule has 18 heavy (non-hydrogen) atoms. The standard InChI is InChI=1S/C13H24N2O3/c1-9-4-3-7-13(8-9,12(17)18)15-11(16)6-5-10(2)14/h9-10H,3-8,14H2,1-2H3,(H,15,16)(H,17,18). The smallest absolute Gasteiger partial charge is 0.329 e. The van der Waals surface area contributed by atoms with Gasteiger partial charge in [-0.25, -0.2) is 4.79 Å². The van der Waals surface area contributed by atoms with Crippen LogP contribution in [0.25, 0.3) is 0 Å². The van der Waals surface area contributed by atoms with Crippen molar-refractivity contribution in [3.63, 3.8) is 0 Å². The number of nitrogens with two attached hydrogens (primary N) is 1. The molecule has 3 unspecified atom stereocenters. The van der Waals surface area contributed by atoms with Gasteiger partial charge in [0.2, 0.25) is 5.91 Å². The monoisotopic (exact) mass is 256 g/mol. The van der Waals surface area contributed by atoms with Crippen LogP contribution >= 0.6 is 0 Å². The molecule has 0 bridgehead atoms. The minimum Gasteiger partial charge on any atom is -0.480 e. The zero-order chi connectivity index (χ0) is 13.8. The van der Waals surface area contributed by atoms with E-state index in [1.54, 1.807) is 0 Å². The lowest BCUT2D eigenvalue weighted by Crippen LogP contribution is -2.56. The van der Waals surface area contributed by atoms with Crippen LogP contribution in [0.3, 0.4) is 0 Å². The van der Waals surface area contributed by atoms with Gasteiger partial charge in [0.1, 0.15) is 5.54 Å². The van der Waals surface area contributed by atoms with Gasteiger partial charge < -0.3 is 16.2 Å². The molecule has 0 spiro atoms. The largest absolute Gasteiger partial charge is 0.480 e. The van der Waals surface area contributed by atoms with Gasteiger partial charge in [-0.05, 0) is 32.1 Å². The Hall–Kier alpha value is -1.10. The Morgan fingerprint density at radius 3 is 2.72 bits per heavy atom. The molecule has 0 radical (unpaired) electrons. The summed E-state index contributed by atoms with van der Waals surface area (Å²) >= 11 is 0. The van der Waals surface area contributed by atoms with Crippen LogP contribution in [-0.2, 0) is 9.59 Å². The topological polar surface area (TPSA) is 92.4 Å². The molecule has 5 heteroatoms. The number of carboxylic acid groups (broad SMARTS) is 1. The summed E-state index contributed by atoms with van der Waals surface area (Å²) in [6, 6.07) is -0.0400. The van der Waals surface area contributed by atoms with E-state index in [1.807, 2.05) is 13.8 Å². The molecular weight excluding hydrogens is 232 g/mol. The molecule has 1 amide bonds. The molecule has 5 nitrogen and oxygen atoms in total. The van der Waals surface area contributed by atoms with Crippen molar-refractivity contribution in [3.8, 4) is 0 Å². The molecule has 0 saturated heterocycles. The quantitative estimate of drug-likeness (QED) is 0.690. The SMILES string of the molecule is CC(N)CCC(=O)NC1(C(=O)O)CCCC(C)C1. The van der Waals surface area contributed by atoms with Gasteiger partial charge >= 0.3 is 5.97 Å². The second kappa shape index (κ2) is 6.18. The second-order valence-corrected chi connectivity index (χ2v) is 5.65. The molecular formula is C13H24N2O3. The van der Waals surface area contributed by atoms with E-state index in [4.69, 9.17) is 5.73 Å². The Bertz CT molecular complexity index is 317. The molecule has 0 heterocycles. The van der Waals surface area contributed by atoms with E-state index >= 15 is 0 Å². The second-order valence-electron chi connectivity index (χ2n) is 5.65. The van der Waals surface area contributed by atoms with Gasteiger partial charge in [0.15, 0.2) is 0 Å². The highest BCUT2D eigenvalue weighted by atomic mass is 16.4. The van der Waals surface area contributed by atoms with Crippen LogP contribution in [0.2, 0.25) is 0 Å². The van der Waals surface area contributed by atoms with E-state index in [-0.39, 0.29) is 11.9 Å². The van der Waals surface area contributed by atoms with Crippen molar-refractivity contribution in [2.24, 2.45) is 11.7 Å². The van der Waals surface area contributed by atoms with Crippen molar-refractivity contribution < 1.29 is 14.7 Å². The van der Waals surface area contributed by atoms with Crippen molar-refractivity contribution in [2.45, 2.75) is 64.0 Å². The van der Waals surface area contributed by atoms with Crippen molar-refractivity contribution in [3.05, 3.63) is 0 Å². The number of hydrogen-bond acceptors (Lipinski definition) is 3. The van der Waals surface area contributed by atoms with Gasteiger partial charge in [-0.15, -0.1) is 0 Å². The number of hydrogen-bond donors (Lipinski definition) is 3. The average Bonchev–Trinajstić information content (AvgIpc) is 2.26. The van der Waals surface area contributed by atoms with Crippen molar-refractivity contribution in [2.75, 3.05) is 0 Å². The zero-order valence-electron chi connectivity index (χ0n) is 11.2. The van der Waals surface area contributed by atoms with Crippen molar-refractivity contribution >= 4 is 11.9 Å². The van der Waals surface area contributed by atoms with Crippen molar-refractivity contribution in [1.29, 1.82) is 0 Å². The Labute approximate surface area is 108 Å². The van der Waals surface area contributed by atoms with E-state index in [0.29, 0.717) is 31.6 Å². The van der Waals surface area contributed by atoms with Gasteiger partial charge in [0, 0.05) is 12.5 Å². The van der Waals surface area contributed by atoms with E-state index in [9.17, 15) is 14.7 Å². The summed E-state index contributed by atoms with van der Waals surface area (Å²) in [6.07, 6.45) is 3.80. The van der Waals surface area contributed by atoms with Crippen LogP contribution in [0, 0.1) is 5.92 Å². The predicted octanol–water partition coefficient (Wildman–Crippen LogP) is 1.26. The van der Waals surface area contributed by atoms with Gasteiger partial charge in [0.25, 0.3) is 0 Å². The first-order chi connectivity index (χ1) is 8.35. The molecule has 3 atom stereocenters. The van der Waals surface area contributed by atoms with Crippen LogP contribution in [0.5, 0.6) is 0 Å². The van der Waals surface area contributed by atoms with E-state index < -0.39 is 11.5 Å². The molecule has 4 N–H and O–H groups in total. The van der Waals surface area contributed by atoms with Gasteiger partial charge in [-0.1, -0.05) is 19.8 Å². The van der Waals surface area contributed by atoms with Crippen LogP contribution in [0.15, 0.2) is 0 Å². The fourth-order valence-electron chi connectivity index (χ4n) is 2.60. The molecule has 1 saturated carbocycles. The number of carbonyl (C=O) groups excluding carboxylic acids is 1. The maximum absolute atomic E-state index is 11.8. The lowest BCUT2D eigenvalue weighted by Gasteiger charge is -2.37. The fourth-order valence-corrected chi connectivity index (χ4v) is 2.60. The minimum atomic E-state index is -1.06. The summed E-state index contributed by atoms with van der Waals surface area (Å²) in [5.41, 5.74) is 4.53. The molecule has 1 rings (SSSR count). The summed E-state index contributed by atoms with van der Waals surface area (Å²) in [4.78, 5) is 23.3. The first-order valence-corrected chi connectivity index (χ1v) is 6.66. The molecule has 0 aliphatic heterocycles. The highest BCUT2D eigenvalue weighted by Gasteiger charge is 2.42. The highest BCUT2D eigenvalue weighted by Crippen LogP contribution is 2.32. The van der Waals surface area contributed by atoms with Gasteiger partial charge in [-0.2, -0.15) is 0 Å². The molecule has 1 aliphatic rings. The predicted molar refractivity (Wildman–Crippen MR) is 69.0 cm³/mol. The summed E-state index contributed by atoms with van der Waals surface area (Å²) < 4.78 is 0. The Morgan fingerprint density at radius 2 is 2.22 bits per heavy atom. The molecule has 0 aromatic rings. The molecule has 1 fully saturated rings. The summed E-state index contributed by atoms with van der Waals surface area (Å²) in [5, 5.41) is 12.1. The molecule has 1 aliphatic carbocycles. The zero-order valence-corrected chi connectivity index (χ0v) is 11.2. The highest BCUT2D eigenvalue weighted by molar-refractivity contribution is 5.87. The number of aliphatic carboxylic acids is 1. The minimum absolute atomic E-state index is 0.0400. The van der Waals surface area contributed by atoms with Crippen molar-refractivity contribution in [1.82, 2.24) is 5.32 Å². The number of carbonyl (C=O) groups is 2. The van der Waals surface area contributed by atoms with E-state index in [1.165, 1.54) is 0 Å². The average molecular weight is 256 g/mol. The first kappa shape index (κ1) is 15.0. The van der Waals surface area contributed by atoms with Gasteiger partial charge in [0.05, 0.1) is 0 Å². The fraction of sp³-hybridized carbons (Fsp3) is 0.846. The number of nitrogens with one attached hydrogen (secondary N) is 1. The molecule has 0 aromatic heterocycles. The molecule has 104 valence electrons. The maximum atomic E-state index is 11.8. The van der Waals surface area contributed by atoms with Crippen LogP contribution in [-0.4, -0.2) is 28.6 Å². The lowest BCUT2D eigenvalue weighted by atomic mass is 9.76. The number of carboxylic acids is 1. The van der Waals surface area contributed by atoms with E-state index in [0.717, 1.165) is 12.8 Å². The Kier molecular flexibility index (Phi) is 5.14. The third-order valence-corrected chi connectivity index (χ3v) is 3.61. The van der Waals surface area contributed by atoms with Crippen LogP contribution in [0.4, 0.5) is 0 Å². The third kappa shape index (κ3) is 3.98. The Morgan fingerprint density at radius 1 is 1.56 bits per heavy atom.